The number of ether oxygens (including phenoxy) is 7. The van der Waals surface area contributed by atoms with Gasteiger partial charge in [-0.2, -0.15) is 0 Å². The van der Waals surface area contributed by atoms with E-state index >= 15 is 0 Å². The third kappa shape index (κ3) is 17.3. The lowest BCUT2D eigenvalue weighted by atomic mass is 10.1. The molecule has 51 heavy (non-hydrogen) atoms. The van der Waals surface area contributed by atoms with Crippen LogP contribution in [0.5, 0.6) is 0 Å². The van der Waals surface area contributed by atoms with Gasteiger partial charge in [0.2, 0.25) is 0 Å². The minimum absolute atomic E-state index is 0.00462. The van der Waals surface area contributed by atoms with E-state index in [2.05, 4.69) is 15.4 Å². The summed E-state index contributed by atoms with van der Waals surface area (Å²) in [6.45, 7) is 9.89. The normalized spacial score (nSPS) is 13.4. The molecule has 3 N–H and O–H groups in total. The molecule has 0 bridgehead atoms. The fourth-order valence-corrected chi connectivity index (χ4v) is 3.89. The minimum Gasteiger partial charge on any atom is -0.480 e. The molecule has 0 radical (unpaired) electrons. The number of methoxy groups -OCH3 is 3. The number of hydrogen-bond acceptors (Lipinski definition) is 13. The van der Waals surface area contributed by atoms with Crippen molar-refractivity contribution in [3.8, 4) is 0 Å². The van der Waals surface area contributed by atoms with Gasteiger partial charge in [0, 0.05) is 14.2 Å². The monoisotopic (exact) mass is 720 g/mol. The summed E-state index contributed by atoms with van der Waals surface area (Å²) in [7, 11) is 3.51. The number of carbonyl (C=O) groups is 6. The number of rotatable bonds is 14. The summed E-state index contributed by atoms with van der Waals surface area (Å²) >= 11 is 0. The van der Waals surface area contributed by atoms with Gasteiger partial charge in [-0.05, 0) is 52.7 Å². The summed E-state index contributed by atoms with van der Waals surface area (Å²) in [5.41, 5.74) is -0.111. The quantitative estimate of drug-likeness (QED) is 0.188. The highest BCUT2D eigenvalue weighted by Crippen LogP contribution is 2.14. The van der Waals surface area contributed by atoms with Crippen molar-refractivity contribution in [2.45, 2.75) is 90.2 Å². The zero-order chi connectivity index (χ0) is 38.8. The maximum atomic E-state index is 12.3. The second-order valence-electron chi connectivity index (χ2n) is 12.6. The predicted octanol–water partition coefficient (Wildman–Crippen LogP) is 3.53. The molecule has 16 nitrogen and oxygen atoms in total. The second-order valence-corrected chi connectivity index (χ2v) is 12.6. The van der Waals surface area contributed by atoms with Crippen LogP contribution in [0.2, 0.25) is 0 Å². The number of alkyl carbamates (subject to hydrolysis) is 2. The van der Waals surface area contributed by atoms with E-state index in [9.17, 15) is 33.9 Å². The Bertz CT molecular complexity index is 1420. The molecule has 0 aliphatic heterocycles. The zero-order valence-electron chi connectivity index (χ0n) is 30.3. The first-order valence-corrected chi connectivity index (χ1v) is 15.6. The smallest absolute Gasteiger partial charge is 0.408 e. The van der Waals surface area contributed by atoms with E-state index in [1.807, 2.05) is 12.1 Å². The Morgan fingerprint density at radius 3 is 1.25 bits per heavy atom. The van der Waals surface area contributed by atoms with E-state index in [0.29, 0.717) is 0 Å². The standard InChI is InChI=1S/C18H25NO7.C17H23NO7/c1-18(2,3)26-16(21)14(23-4)13(15(20)24-5)19-17(22)25-11-12-9-7-6-8-10-12;1-17(2,3)25-15(21)13(23-4)12(14(19)20)18-16(22)24-10-11-8-6-5-7-9-11/h6-10,13-14H,11H2,1-5H3,(H,19,22);5-9,12-13H,10H2,1-4H3,(H,18,22)(H,19,20)/t13-,14?;12-,13?/m00/s1. The van der Waals surface area contributed by atoms with Gasteiger partial charge in [0.15, 0.2) is 24.3 Å². The average Bonchev–Trinajstić information content (AvgIpc) is 3.05. The van der Waals surface area contributed by atoms with E-state index in [0.717, 1.165) is 25.3 Å². The van der Waals surface area contributed by atoms with Crippen LogP contribution in [0.25, 0.3) is 0 Å². The van der Waals surface area contributed by atoms with Crippen molar-refractivity contribution in [3.63, 3.8) is 0 Å². The molecule has 2 aromatic rings. The van der Waals surface area contributed by atoms with Gasteiger partial charge in [-0.15, -0.1) is 0 Å². The van der Waals surface area contributed by atoms with Crippen molar-refractivity contribution in [2.75, 3.05) is 21.3 Å². The molecule has 2 amide bonds. The van der Waals surface area contributed by atoms with Crippen LogP contribution in [-0.2, 0) is 65.5 Å². The van der Waals surface area contributed by atoms with E-state index in [4.69, 9.17) is 28.4 Å². The van der Waals surface area contributed by atoms with Gasteiger partial charge in [0.05, 0.1) is 7.11 Å². The van der Waals surface area contributed by atoms with E-state index < -0.39 is 71.6 Å². The van der Waals surface area contributed by atoms with E-state index in [1.54, 1.807) is 90.1 Å². The fourth-order valence-electron chi connectivity index (χ4n) is 3.89. The number of carbonyl (C=O) groups excluding carboxylic acids is 5. The third-order valence-corrected chi connectivity index (χ3v) is 6.08. The molecule has 0 fully saturated rings. The summed E-state index contributed by atoms with van der Waals surface area (Å²) in [5.74, 6) is -4.02. The third-order valence-electron chi connectivity index (χ3n) is 6.08. The lowest BCUT2D eigenvalue weighted by Crippen LogP contribution is -2.54. The first kappa shape index (κ1) is 43.8. The zero-order valence-corrected chi connectivity index (χ0v) is 30.3. The minimum atomic E-state index is -1.65. The summed E-state index contributed by atoms with van der Waals surface area (Å²) in [4.78, 5) is 71.7. The van der Waals surface area contributed by atoms with Crippen molar-refractivity contribution in [1.82, 2.24) is 10.6 Å². The molecule has 16 heteroatoms. The van der Waals surface area contributed by atoms with Crippen LogP contribution >= 0.6 is 0 Å². The maximum absolute atomic E-state index is 12.3. The Balaban J connectivity index is 0.000000510. The first-order chi connectivity index (χ1) is 23.8. The summed E-state index contributed by atoms with van der Waals surface area (Å²) in [6.07, 6.45) is -4.77. The summed E-state index contributed by atoms with van der Waals surface area (Å²) in [6, 6.07) is 14.8. The van der Waals surface area contributed by atoms with Crippen LogP contribution in [0.1, 0.15) is 52.7 Å². The van der Waals surface area contributed by atoms with Crippen molar-refractivity contribution < 1.29 is 67.0 Å². The van der Waals surface area contributed by atoms with Gasteiger partial charge in [-0.1, -0.05) is 60.7 Å². The average molecular weight is 721 g/mol. The number of carboxylic acid groups (broad SMARTS) is 1. The van der Waals surface area contributed by atoms with Crippen molar-refractivity contribution in [2.24, 2.45) is 0 Å². The Kier molecular flexibility index (Phi) is 18.1. The number of esters is 3. The highest BCUT2D eigenvalue weighted by atomic mass is 16.6. The number of aliphatic carboxylic acids is 1. The number of nitrogens with one attached hydrogen (secondary N) is 2. The van der Waals surface area contributed by atoms with Gasteiger partial charge in [-0.25, -0.2) is 28.8 Å². The lowest BCUT2D eigenvalue weighted by molar-refractivity contribution is -0.173. The fraction of sp³-hybridized carbons (Fsp3) is 0.486. The van der Waals surface area contributed by atoms with Gasteiger partial charge in [0.25, 0.3) is 0 Å². The van der Waals surface area contributed by atoms with Crippen LogP contribution in [0.15, 0.2) is 60.7 Å². The molecule has 2 rings (SSSR count). The Morgan fingerprint density at radius 1 is 0.588 bits per heavy atom. The van der Waals surface area contributed by atoms with Gasteiger partial charge >= 0.3 is 36.1 Å². The molecular formula is C35H48N2O14. The summed E-state index contributed by atoms with van der Waals surface area (Å²) < 4.78 is 35.0. The Labute approximate surface area is 297 Å². The molecule has 0 saturated carbocycles. The largest absolute Gasteiger partial charge is 0.480 e. The van der Waals surface area contributed by atoms with Crippen LogP contribution in [0.3, 0.4) is 0 Å². The number of carboxylic acids is 1. The van der Waals surface area contributed by atoms with Crippen LogP contribution in [-0.4, -0.2) is 98.0 Å². The highest BCUT2D eigenvalue weighted by molar-refractivity contribution is 5.90. The predicted molar refractivity (Wildman–Crippen MR) is 180 cm³/mol. The SMILES string of the molecule is COC(=O)[C@@H](NC(=O)OCc1ccccc1)C(OC)C(=O)OC(C)(C)C.COC(C(=O)OC(C)(C)C)[C@H](NC(=O)OCc1ccccc1)C(=O)O. The van der Waals surface area contributed by atoms with Gasteiger partial charge in [0.1, 0.15) is 24.4 Å². The molecule has 0 spiro atoms. The van der Waals surface area contributed by atoms with Crippen LogP contribution in [0.4, 0.5) is 9.59 Å². The maximum Gasteiger partial charge on any atom is 0.408 e. The molecule has 0 aromatic heterocycles. The van der Waals surface area contributed by atoms with Gasteiger partial charge < -0.3 is 48.9 Å². The number of benzene rings is 2. The number of amides is 2. The van der Waals surface area contributed by atoms with Crippen molar-refractivity contribution in [1.29, 1.82) is 0 Å². The highest BCUT2D eigenvalue weighted by Gasteiger charge is 2.40. The van der Waals surface area contributed by atoms with Crippen LogP contribution < -0.4 is 10.6 Å². The molecule has 282 valence electrons. The first-order valence-electron chi connectivity index (χ1n) is 15.6. The lowest BCUT2D eigenvalue weighted by Gasteiger charge is -2.27. The Hall–Kier alpha value is -5.22. The molecule has 2 aromatic carbocycles. The molecule has 0 saturated heterocycles. The molecule has 0 aliphatic carbocycles. The van der Waals surface area contributed by atoms with Crippen LogP contribution in [0, 0.1) is 0 Å². The van der Waals surface area contributed by atoms with Crippen molar-refractivity contribution in [3.05, 3.63) is 71.8 Å². The second kappa shape index (κ2) is 21.1. The topological polar surface area (TPSA) is 211 Å². The molecular weight excluding hydrogens is 672 g/mol. The van der Waals surface area contributed by atoms with E-state index in [1.165, 1.54) is 7.11 Å². The number of hydrogen-bond donors (Lipinski definition) is 3. The van der Waals surface area contributed by atoms with Gasteiger partial charge in [-0.3, -0.25) is 0 Å². The molecule has 2 unspecified atom stereocenters. The van der Waals surface area contributed by atoms with Crippen molar-refractivity contribution >= 4 is 36.1 Å². The summed E-state index contributed by atoms with van der Waals surface area (Å²) in [5, 5.41) is 13.7. The Morgan fingerprint density at radius 2 is 0.941 bits per heavy atom. The van der Waals surface area contributed by atoms with E-state index in [-0.39, 0.29) is 13.2 Å². The molecule has 4 atom stereocenters. The molecule has 0 heterocycles. The molecule has 0 aliphatic rings.